The van der Waals surface area contributed by atoms with E-state index < -0.39 is 0 Å². The van der Waals surface area contributed by atoms with E-state index in [1.807, 2.05) is 0 Å². The molecule has 0 aromatic heterocycles. The monoisotopic (exact) mass is 404 g/mol. The summed E-state index contributed by atoms with van der Waals surface area (Å²) >= 11 is 0. The lowest BCUT2D eigenvalue weighted by atomic mass is 10.0. The highest BCUT2D eigenvalue weighted by molar-refractivity contribution is 5.48. The summed E-state index contributed by atoms with van der Waals surface area (Å²) in [6.45, 7) is 16.8. The highest BCUT2D eigenvalue weighted by Crippen LogP contribution is 2.25. The fourth-order valence-corrected chi connectivity index (χ4v) is 3.45. The summed E-state index contributed by atoms with van der Waals surface area (Å²) in [6.07, 6.45) is 19.6. The molecule has 2 nitrogen and oxygen atoms in total. The fourth-order valence-electron chi connectivity index (χ4n) is 3.45. The zero-order valence-corrected chi connectivity index (χ0v) is 20.5. The van der Waals surface area contributed by atoms with Crippen LogP contribution in [0.3, 0.4) is 0 Å². The van der Waals surface area contributed by atoms with E-state index in [1.54, 1.807) is 5.57 Å². The first-order valence-electron chi connectivity index (χ1n) is 11.9. The van der Waals surface area contributed by atoms with E-state index in [0.717, 1.165) is 13.2 Å². The van der Waals surface area contributed by atoms with Crippen molar-refractivity contribution < 1.29 is 9.47 Å². The van der Waals surface area contributed by atoms with Gasteiger partial charge in [0.1, 0.15) is 0 Å². The van der Waals surface area contributed by atoms with Crippen LogP contribution in [0.4, 0.5) is 0 Å². The third-order valence-corrected chi connectivity index (χ3v) is 5.19. The number of ether oxygens (including phenoxy) is 2. The Morgan fingerprint density at radius 3 is 1.76 bits per heavy atom. The van der Waals surface area contributed by atoms with E-state index in [2.05, 4.69) is 66.7 Å². The molecular weight excluding hydrogens is 356 g/mol. The molecule has 0 fully saturated rings. The Labute approximate surface area is 181 Å². The first kappa shape index (κ1) is 26.2. The summed E-state index contributed by atoms with van der Waals surface area (Å²) < 4.78 is 11.6. The van der Waals surface area contributed by atoms with Crippen molar-refractivity contribution >= 4 is 0 Å². The van der Waals surface area contributed by atoms with Crippen molar-refractivity contribution in [2.24, 2.45) is 0 Å². The molecule has 0 saturated carbocycles. The smallest absolute Gasteiger partial charge is 0.0598 e. The molecule has 0 heterocycles. The van der Waals surface area contributed by atoms with Crippen molar-refractivity contribution in [1.29, 1.82) is 0 Å². The maximum absolute atomic E-state index is 5.79. The Morgan fingerprint density at radius 1 is 0.690 bits per heavy atom. The molecule has 1 aliphatic rings. The molecular formula is C27H48O2. The molecule has 29 heavy (non-hydrogen) atoms. The molecule has 0 bridgehead atoms. The fraction of sp³-hybridized carbons (Fsp3) is 0.778. The number of hydrogen-bond donors (Lipinski definition) is 0. The van der Waals surface area contributed by atoms with Gasteiger partial charge in [-0.2, -0.15) is 0 Å². The van der Waals surface area contributed by atoms with E-state index in [0.29, 0.717) is 0 Å². The highest BCUT2D eigenvalue weighted by Gasteiger charge is 2.10. The van der Waals surface area contributed by atoms with Crippen molar-refractivity contribution in [2.75, 3.05) is 13.2 Å². The van der Waals surface area contributed by atoms with Crippen LogP contribution in [0.25, 0.3) is 0 Å². The van der Waals surface area contributed by atoms with Gasteiger partial charge < -0.3 is 9.47 Å². The van der Waals surface area contributed by atoms with Gasteiger partial charge in [0, 0.05) is 13.2 Å². The lowest BCUT2D eigenvalue weighted by Crippen LogP contribution is -2.19. The lowest BCUT2D eigenvalue weighted by molar-refractivity contribution is -0.00510. The first-order valence-corrected chi connectivity index (χ1v) is 11.9. The molecule has 0 aliphatic heterocycles. The minimum atomic E-state index is 0.000521. The van der Waals surface area contributed by atoms with Crippen LogP contribution < -0.4 is 0 Å². The average molecular weight is 405 g/mol. The van der Waals surface area contributed by atoms with Gasteiger partial charge in [-0.3, -0.25) is 0 Å². The Morgan fingerprint density at radius 2 is 1.21 bits per heavy atom. The van der Waals surface area contributed by atoms with E-state index in [1.165, 1.54) is 75.4 Å². The van der Waals surface area contributed by atoms with Crippen molar-refractivity contribution in [3.63, 3.8) is 0 Å². The maximum Gasteiger partial charge on any atom is 0.0598 e. The molecule has 0 spiro atoms. The number of allylic oxidation sites excluding steroid dienone is 6. The molecule has 0 unspecified atom stereocenters. The summed E-state index contributed by atoms with van der Waals surface area (Å²) in [5.74, 6) is 0. The van der Waals surface area contributed by atoms with Crippen LogP contribution in [-0.4, -0.2) is 24.4 Å². The van der Waals surface area contributed by atoms with E-state index in [9.17, 15) is 0 Å². The van der Waals surface area contributed by atoms with Crippen LogP contribution >= 0.6 is 0 Å². The summed E-state index contributed by atoms with van der Waals surface area (Å²) in [4.78, 5) is 0. The molecule has 0 N–H and O–H groups in total. The van der Waals surface area contributed by atoms with Gasteiger partial charge in [0.05, 0.1) is 11.2 Å². The van der Waals surface area contributed by atoms with Crippen molar-refractivity contribution in [1.82, 2.24) is 0 Å². The zero-order chi connectivity index (χ0) is 21.8. The molecule has 168 valence electrons. The van der Waals surface area contributed by atoms with Gasteiger partial charge in [-0.05, 0) is 98.1 Å². The van der Waals surface area contributed by atoms with Crippen LogP contribution in [0.2, 0.25) is 0 Å². The second kappa shape index (κ2) is 13.4. The minimum Gasteiger partial charge on any atom is -0.376 e. The summed E-state index contributed by atoms with van der Waals surface area (Å²) in [5, 5.41) is 0. The molecule has 0 saturated heterocycles. The largest absolute Gasteiger partial charge is 0.376 e. The van der Waals surface area contributed by atoms with Gasteiger partial charge in [-0.15, -0.1) is 0 Å². The second-order valence-electron chi connectivity index (χ2n) is 10.5. The van der Waals surface area contributed by atoms with Gasteiger partial charge in [0.15, 0.2) is 0 Å². The van der Waals surface area contributed by atoms with Crippen LogP contribution in [-0.2, 0) is 9.47 Å². The Balaban J connectivity index is 2.11. The van der Waals surface area contributed by atoms with Crippen molar-refractivity contribution in [3.05, 3.63) is 34.9 Å². The number of unbranched alkanes of at least 4 members (excludes halogenated alkanes) is 6. The minimum absolute atomic E-state index is 0.000521. The number of hydrogen-bond acceptors (Lipinski definition) is 2. The van der Waals surface area contributed by atoms with Crippen LogP contribution in [0.15, 0.2) is 34.9 Å². The molecule has 1 aliphatic carbocycles. The first-order chi connectivity index (χ1) is 13.6. The van der Waals surface area contributed by atoms with Crippen LogP contribution in [0.5, 0.6) is 0 Å². The molecule has 1 rings (SSSR count). The predicted octanol–water partition coefficient (Wildman–Crippen LogP) is 8.33. The van der Waals surface area contributed by atoms with E-state index in [-0.39, 0.29) is 11.2 Å². The second-order valence-corrected chi connectivity index (χ2v) is 10.5. The van der Waals surface area contributed by atoms with E-state index >= 15 is 0 Å². The van der Waals surface area contributed by atoms with E-state index in [4.69, 9.17) is 9.47 Å². The van der Waals surface area contributed by atoms with Gasteiger partial charge in [-0.25, -0.2) is 0 Å². The standard InChI is InChI=1S/C27H48O2/c1-23(16-12-8-10-14-20-28-26(2,3)4)25-19-18-24(22-25)17-13-9-11-15-21-29-27(5,6)7/h18-19,22H,8-17,20-21H2,1-7H3. The highest BCUT2D eigenvalue weighted by atomic mass is 16.5. The zero-order valence-electron chi connectivity index (χ0n) is 20.5. The Kier molecular flexibility index (Phi) is 12.1. The summed E-state index contributed by atoms with van der Waals surface area (Å²) in [5.41, 5.74) is 4.50. The topological polar surface area (TPSA) is 18.5 Å². The molecule has 0 atom stereocenters. The molecule has 2 heteroatoms. The van der Waals surface area contributed by atoms with Gasteiger partial charge in [0.2, 0.25) is 0 Å². The molecule has 0 amide bonds. The summed E-state index contributed by atoms with van der Waals surface area (Å²) in [7, 11) is 0. The maximum atomic E-state index is 5.79. The quantitative estimate of drug-likeness (QED) is 0.271. The normalized spacial score (nSPS) is 16.4. The molecule has 0 aromatic rings. The van der Waals surface area contributed by atoms with Gasteiger partial charge in [0.25, 0.3) is 0 Å². The Hall–Kier alpha value is -0.860. The third-order valence-electron chi connectivity index (χ3n) is 5.19. The average Bonchev–Trinajstić information content (AvgIpc) is 3.07. The predicted molar refractivity (Wildman–Crippen MR) is 128 cm³/mol. The Bertz CT molecular complexity index is 538. The van der Waals surface area contributed by atoms with Crippen molar-refractivity contribution in [2.45, 2.75) is 124 Å². The van der Waals surface area contributed by atoms with Crippen molar-refractivity contribution in [3.8, 4) is 0 Å². The van der Waals surface area contributed by atoms with Gasteiger partial charge >= 0.3 is 0 Å². The number of rotatable bonds is 14. The summed E-state index contributed by atoms with van der Waals surface area (Å²) in [6, 6.07) is 0. The SMILES string of the molecule is CC(CCCCCCOC(C)(C)C)=C1C=CC(CCCCCCOC(C)(C)C)=C1. The lowest BCUT2D eigenvalue weighted by Gasteiger charge is -2.19. The van der Waals surface area contributed by atoms with Gasteiger partial charge in [-0.1, -0.05) is 49.5 Å². The third kappa shape index (κ3) is 14.7. The molecule has 0 aromatic carbocycles. The molecule has 0 radical (unpaired) electrons. The van der Waals surface area contributed by atoms with Crippen LogP contribution in [0.1, 0.15) is 113 Å². The van der Waals surface area contributed by atoms with Crippen LogP contribution in [0, 0.1) is 0 Å².